The molecule has 2 saturated heterocycles. The van der Waals surface area contributed by atoms with E-state index in [1.165, 1.54) is 39.1 Å². The van der Waals surface area contributed by atoms with Gasteiger partial charge in [0.15, 0.2) is 0 Å². The molecule has 5 nitrogen and oxygen atoms in total. The maximum atomic E-state index is 13.1. The Morgan fingerprint density at radius 1 is 1.04 bits per heavy atom. The molecule has 0 N–H and O–H groups in total. The zero-order chi connectivity index (χ0) is 18.6. The lowest BCUT2D eigenvalue weighted by Gasteiger charge is -2.42. The minimum atomic E-state index is 0.130. The van der Waals surface area contributed by atoms with Crippen LogP contribution in [0.3, 0.4) is 0 Å². The Labute approximate surface area is 162 Å². The number of piperazine rings is 1. The number of amides is 1. The highest BCUT2D eigenvalue weighted by atomic mass is 16.2. The third-order valence-electron chi connectivity index (χ3n) is 6.08. The first-order chi connectivity index (χ1) is 13.3. The summed E-state index contributed by atoms with van der Waals surface area (Å²) in [6, 6.07) is 10.5. The van der Waals surface area contributed by atoms with Gasteiger partial charge in [-0.25, -0.2) is 0 Å². The lowest BCUT2D eigenvalue weighted by atomic mass is 10.0. The van der Waals surface area contributed by atoms with Crippen LogP contribution in [0.5, 0.6) is 0 Å². The van der Waals surface area contributed by atoms with E-state index in [4.69, 9.17) is 0 Å². The Morgan fingerprint density at radius 3 is 2.52 bits per heavy atom. The van der Waals surface area contributed by atoms with Crippen molar-refractivity contribution < 1.29 is 4.79 Å². The zero-order valence-electron chi connectivity index (χ0n) is 16.3. The van der Waals surface area contributed by atoms with Crippen molar-refractivity contribution in [3.05, 3.63) is 42.1 Å². The molecule has 3 heterocycles. The van der Waals surface area contributed by atoms with Crippen LogP contribution in [-0.2, 0) is 0 Å². The van der Waals surface area contributed by atoms with Crippen LogP contribution in [-0.4, -0.2) is 77.4 Å². The molecule has 0 radical (unpaired) electrons. The molecular formula is C22H30N4O. The third-order valence-corrected chi connectivity index (χ3v) is 6.08. The first kappa shape index (κ1) is 18.4. The second-order valence-corrected chi connectivity index (χ2v) is 7.78. The van der Waals surface area contributed by atoms with Crippen LogP contribution in [0.25, 0.3) is 10.9 Å². The number of fused-ring (bicyclic) bond motifs is 1. The van der Waals surface area contributed by atoms with Gasteiger partial charge in [0, 0.05) is 56.9 Å². The van der Waals surface area contributed by atoms with Crippen molar-refractivity contribution in [1.82, 2.24) is 19.7 Å². The number of hydrogen-bond donors (Lipinski definition) is 0. The van der Waals surface area contributed by atoms with E-state index in [-0.39, 0.29) is 5.91 Å². The van der Waals surface area contributed by atoms with E-state index in [2.05, 4.69) is 21.7 Å². The summed E-state index contributed by atoms with van der Waals surface area (Å²) in [4.78, 5) is 24.8. The molecule has 144 valence electrons. The van der Waals surface area contributed by atoms with Gasteiger partial charge in [0.2, 0.25) is 0 Å². The Kier molecular flexibility index (Phi) is 5.69. The molecule has 0 spiro atoms. The molecule has 2 aromatic rings. The minimum absolute atomic E-state index is 0.130. The van der Waals surface area contributed by atoms with Crippen molar-refractivity contribution in [2.24, 2.45) is 0 Å². The van der Waals surface area contributed by atoms with E-state index in [9.17, 15) is 4.79 Å². The Bertz CT molecular complexity index is 771. The molecule has 1 amide bonds. The first-order valence-corrected chi connectivity index (χ1v) is 10.4. The second-order valence-electron chi connectivity index (χ2n) is 7.78. The van der Waals surface area contributed by atoms with Crippen LogP contribution in [0.2, 0.25) is 0 Å². The van der Waals surface area contributed by atoms with Gasteiger partial charge < -0.3 is 9.80 Å². The van der Waals surface area contributed by atoms with Crippen LogP contribution in [0.1, 0.15) is 36.5 Å². The third kappa shape index (κ3) is 3.99. The number of carbonyl (C=O) groups is 1. The molecule has 4 rings (SSSR count). The summed E-state index contributed by atoms with van der Waals surface area (Å²) >= 11 is 0. The molecule has 2 fully saturated rings. The molecule has 0 bridgehead atoms. The summed E-state index contributed by atoms with van der Waals surface area (Å²) in [5.41, 5.74) is 1.55. The highest BCUT2D eigenvalue weighted by molar-refractivity contribution is 6.05. The molecule has 27 heavy (non-hydrogen) atoms. The molecule has 2 aliphatic rings. The van der Waals surface area contributed by atoms with Crippen LogP contribution in [0.4, 0.5) is 0 Å². The smallest absolute Gasteiger partial charge is 0.256 e. The number of likely N-dealkylation sites (tertiary alicyclic amines) is 1. The fraction of sp³-hybridized carbons (Fsp3) is 0.545. The maximum Gasteiger partial charge on any atom is 0.256 e. The summed E-state index contributed by atoms with van der Waals surface area (Å²) in [7, 11) is 0. The van der Waals surface area contributed by atoms with Crippen molar-refractivity contribution >= 4 is 16.8 Å². The number of benzene rings is 1. The lowest BCUT2D eigenvalue weighted by Crippen LogP contribution is -2.53. The van der Waals surface area contributed by atoms with Crippen molar-refractivity contribution in [2.75, 3.05) is 45.8 Å². The van der Waals surface area contributed by atoms with Crippen LogP contribution >= 0.6 is 0 Å². The van der Waals surface area contributed by atoms with Crippen molar-refractivity contribution in [1.29, 1.82) is 0 Å². The lowest BCUT2D eigenvalue weighted by molar-refractivity contribution is 0.0483. The number of piperidine rings is 1. The summed E-state index contributed by atoms with van der Waals surface area (Å²) in [5, 5.41) is 1.03. The van der Waals surface area contributed by atoms with Crippen LogP contribution in [0, 0.1) is 0 Å². The quantitative estimate of drug-likeness (QED) is 0.834. The molecule has 0 aliphatic carbocycles. The van der Waals surface area contributed by atoms with E-state index < -0.39 is 0 Å². The summed E-state index contributed by atoms with van der Waals surface area (Å²) < 4.78 is 0. The van der Waals surface area contributed by atoms with E-state index in [1.807, 2.05) is 35.2 Å². The predicted octanol–water partition coefficient (Wildman–Crippen LogP) is 2.87. The van der Waals surface area contributed by atoms with E-state index in [0.29, 0.717) is 6.04 Å². The Balaban J connectivity index is 1.36. The monoisotopic (exact) mass is 366 g/mol. The second kappa shape index (κ2) is 8.36. The highest BCUT2D eigenvalue weighted by Gasteiger charge is 2.29. The zero-order valence-corrected chi connectivity index (χ0v) is 16.3. The van der Waals surface area contributed by atoms with Gasteiger partial charge in [0.1, 0.15) is 0 Å². The van der Waals surface area contributed by atoms with Gasteiger partial charge in [-0.1, -0.05) is 25.1 Å². The normalized spacial score (nSPS) is 20.3. The number of aromatic nitrogens is 1. The van der Waals surface area contributed by atoms with Gasteiger partial charge in [0.25, 0.3) is 5.91 Å². The first-order valence-electron chi connectivity index (χ1n) is 10.4. The molecule has 1 aromatic heterocycles. The fourth-order valence-electron chi connectivity index (χ4n) is 4.55. The van der Waals surface area contributed by atoms with Gasteiger partial charge in [0.05, 0.1) is 11.1 Å². The van der Waals surface area contributed by atoms with Gasteiger partial charge in [-0.2, -0.15) is 0 Å². The fourth-order valence-corrected chi connectivity index (χ4v) is 4.55. The molecular weight excluding hydrogens is 336 g/mol. The molecule has 0 unspecified atom stereocenters. The van der Waals surface area contributed by atoms with Gasteiger partial charge in [-0.3, -0.25) is 14.7 Å². The Hall–Kier alpha value is -1.98. The number of pyridine rings is 1. The maximum absolute atomic E-state index is 13.1. The molecule has 1 aromatic carbocycles. The number of rotatable bonds is 4. The average molecular weight is 367 g/mol. The van der Waals surface area contributed by atoms with Crippen molar-refractivity contribution in [3.63, 3.8) is 0 Å². The van der Waals surface area contributed by atoms with Gasteiger partial charge in [-0.05, 0) is 37.9 Å². The average Bonchev–Trinajstić information content (AvgIpc) is 2.74. The van der Waals surface area contributed by atoms with Gasteiger partial charge >= 0.3 is 0 Å². The number of hydrogen-bond acceptors (Lipinski definition) is 4. The summed E-state index contributed by atoms with van der Waals surface area (Å²) in [6.07, 6.45) is 5.17. The Morgan fingerprint density at radius 2 is 1.78 bits per heavy atom. The molecule has 0 saturated carbocycles. The van der Waals surface area contributed by atoms with E-state index in [1.54, 1.807) is 6.20 Å². The predicted molar refractivity (Wildman–Crippen MR) is 109 cm³/mol. The highest BCUT2D eigenvalue weighted by Crippen LogP contribution is 2.22. The van der Waals surface area contributed by atoms with Gasteiger partial charge in [-0.15, -0.1) is 0 Å². The SMILES string of the molecule is CCCN1CCN(C2CCN(C(=O)c3cccc4cccnc34)CC2)CC1. The minimum Gasteiger partial charge on any atom is -0.338 e. The molecule has 5 heteroatoms. The molecule has 0 atom stereocenters. The largest absolute Gasteiger partial charge is 0.338 e. The summed E-state index contributed by atoms with van der Waals surface area (Å²) in [6.45, 7) is 9.90. The number of carbonyl (C=O) groups excluding carboxylic acids is 1. The van der Waals surface area contributed by atoms with E-state index in [0.717, 1.165) is 42.4 Å². The van der Waals surface area contributed by atoms with Crippen molar-refractivity contribution in [2.45, 2.75) is 32.2 Å². The topological polar surface area (TPSA) is 39.7 Å². The standard InChI is InChI=1S/C22H30N4O/c1-2-11-24-14-16-25(17-15-24)19-8-12-26(13-9-19)22(27)20-7-3-5-18-6-4-10-23-21(18)20/h3-7,10,19H,2,8-9,11-17H2,1H3. The molecule has 2 aliphatic heterocycles. The van der Waals surface area contributed by atoms with Crippen LogP contribution in [0.15, 0.2) is 36.5 Å². The van der Waals surface area contributed by atoms with Crippen molar-refractivity contribution in [3.8, 4) is 0 Å². The summed E-state index contributed by atoms with van der Waals surface area (Å²) in [5.74, 6) is 0.130. The van der Waals surface area contributed by atoms with Crippen LogP contribution < -0.4 is 0 Å². The number of para-hydroxylation sites is 1. The van der Waals surface area contributed by atoms with E-state index >= 15 is 0 Å². The number of nitrogens with zero attached hydrogens (tertiary/aromatic N) is 4.